The molecule has 0 radical (unpaired) electrons. The molecule has 2 nitrogen and oxygen atoms in total. The van der Waals surface area contributed by atoms with E-state index in [0.29, 0.717) is 0 Å². The molecule has 4 aromatic carbocycles. The normalized spacial score (nSPS) is 12.0. The second-order valence-electron chi connectivity index (χ2n) is 10.1. The van der Waals surface area contributed by atoms with Crippen LogP contribution in [0.5, 0.6) is 0 Å². The lowest BCUT2D eigenvalue weighted by Crippen LogP contribution is -2.81. The molecule has 0 saturated carbocycles. The van der Waals surface area contributed by atoms with Gasteiger partial charge in [0.15, 0.2) is 69.8 Å². The molecular weight excluding hydrogens is 779 g/mol. The van der Waals surface area contributed by atoms with Crippen LogP contribution < -0.4 is 21.9 Å². The van der Waals surface area contributed by atoms with Crippen LogP contribution in [0.15, 0.2) is 0 Å². The third-order valence-corrected chi connectivity index (χ3v) is 7.91. The summed E-state index contributed by atoms with van der Waals surface area (Å²) in [5.74, 6) is -71.4. The third kappa shape index (κ3) is 6.18. The van der Waals surface area contributed by atoms with Crippen LogP contribution in [0.2, 0.25) is 0 Å². The molecule has 4 rings (SSSR count). The average Bonchev–Trinajstić information content (AvgIpc) is 3.08. The fourth-order valence-corrected chi connectivity index (χ4v) is 4.87. The zero-order valence-corrected chi connectivity index (χ0v) is 25.2. The molecule has 0 atom stereocenters. The van der Waals surface area contributed by atoms with Crippen molar-refractivity contribution in [1.29, 1.82) is 0 Å². The summed E-state index contributed by atoms with van der Waals surface area (Å²) in [6.07, 6.45) is -4.12. The highest BCUT2D eigenvalue weighted by molar-refractivity contribution is 7.97. The van der Waals surface area contributed by atoms with Crippen LogP contribution in [-0.2, 0) is 18.6 Å². The minimum Gasteiger partial charge on any atom is -0.207 e. The van der Waals surface area contributed by atoms with E-state index < -0.39 is 155 Å². The molecule has 0 amide bonds. The topological polar surface area (TPSA) is 26.3 Å². The lowest BCUT2D eigenvalue weighted by atomic mass is 9.12. The van der Waals surface area contributed by atoms with Crippen molar-refractivity contribution in [3.63, 3.8) is 0 Å². The Hall–Kier alpha value is -4.35. The minimum atomic E-state index is -7.22. The van der Waals surface area contributed by atoms with Crippen LogP contribution >= 0.6 is 0 Å². The Balaban J connectivity index is 0.00000107. The van der Waals surface area contributed by atoms with Gasteiger partial charge in [0.05, 0.1) is 7.11 Å². The molecule has 0 fully saturated rings. The van der Waals surface area contributed by atoms with Crippen LogP contribution in [0.25, 0.3) is 0 Å². The van der Waals surface area contributed by atoms with Gasteiger partial charge in [-0.05, 0) is 0 Å². The lowest BCUT2D eigenvalue weighted by molar-refractivity contribution is 0.378. The van der Waals surface area contributed by atoms with Gasteiger partial charge in [0.2, 0.25) is 10.2 Å². The second-order valence-corrected chi connectivity index (χ2v) is 12.7. The van der Waals surface area contributed by atoms with Gasteiger partial charge in [-0.3, -0.25) is 0 Å². The summed E-state index contributed by atoms with van der Waals surface area (Å²) in [4.78, 5) is 0. The van der Waals surface area contributed by atoms with E-state index in [2.05, 4.69) is 4.18 Å². The van der Waals surface area contributed by atoms with Crippen molar-refractivity contribution in [1.82, 2.24) is 0 Å². The van der Waals surface area contributed by atoms with Gasteiger partial charge in [-0.2, -0.15) is 4.18 Å². The Labute approximate surface area is 270 Å². The molecule has 0 bridgehead atoms. The van der Waals surface area contributed by atoms with Crippen molar-refractivity contribution in [2.45, 2.75) is 0 Å². The van der Waals surface area contributed by atoms with Crippen LogP contribution in [-0.4, -0.2) is 25.8 Å². The summed E-state index contributed by atoms with van der Waals surface area (Å²) in [6.45, 7) is 0. The van der Waals surface area contributed by atoms with E-state index in [1.165, 1.54) is 7.11 Å². The van der Waals surface area contributed by atoms with Crippen molar-refractivity contribution in [2.75, 3.05) is 19.6 Å². The fraction of sp³-hybridized carbons (Fsp3) is 0.111. The first kappa shape index (κ1) is 41.1. The molecule has 278 valence electrons. The predicted octanol–water partition coefficient (Wildman–Crippen LogP) is 6.15. The maximum atomic E-state index is 15.4. The molecule has 0 heterocycles. The van der Waals surface area contributed by atoms with Crippen molar-refractivity contribution in [2.24, 2.45) is 0 Å². The average molecular weight is 788 g/mol. The van der Waals surface area contributed by atoms with Gasteiger partial charge in [-0.25, -0.2) is 87.8 Å². The van der Waals surface area contributed by atoms with Gasteiger partial charge in [-0.15, -0.1) is 21.9 Å². The highest BCUT2D eigenvalue weighted by atomic mass is 32.3. The second kappa shape index (κ2) is 14.0. The third-order valence-electron chi connectivity index (χ3n) is 7.11. The summed E-state index contributed by atoms with van der Waals surface area (Å²) < 4.78 is 309. The maximum absolute atomic E-state index is 15.4. The lowest BCUT2D eigenvalue weighted by Gasteiger charge is -2.44. The highest BCUT2D eigenvalue weighted by Crippen LogP contribution is 2.30. The van der Waals surface area contributed by atoms with E-state index in [0.717, 1.165) is 0 Å². The first-order valence-electron chi connectivity index (χ1n) is 12.5. The Bertz CT molecular complexity index is 1770. The molecule has 0 N–H and O–H groups in total. The summed E-state index contributed by atoms with van der Waals surface area (Å²) in [6, 6.07) is 0. The summed E-state index contributed by atoms with van der Waals surface area (Å²) in [5.41, 5.74) is -14.3. The van der Waals surface area contributed by atoms with E-state index >= 15 is 35.1 Å². The smallest absolute Gasteiger partial charge is 0.207 e. The maximum Gasteiger partial charge on any atom is 0.211 e. The van der Waals surface area contributed by atoms with Gasteiger partial charge >= 0.3 is 0 Å². The molecule has 51 heavy (non-hydrogen) atoms. The van der Waals surface area contributed by atoms with Crippen LogP contribution in [0.1, 0.15) is 0 Å². The zero-order chi connectivity index (χ0) is 39.6. The SMILES string of the molecule is CO[S+](C)(C)=O.Fc1c(F)c(F)c([B-](c2c(F)c(F)c(F)c(F)c2F)(c2c(F)c(F)c(F)c(F)c2F)c2c(F)c(F)c(F)c(F)c2F)c(F)c1F. The molecule has 4 aromatic rings. The van der Waals surface area contributed by atoms with Crippen LogP contribution in [0.4, 0.5) is 87.8 Å². The number of hydrogen-bond acceptors (Lipinski definition) is 2. The molecular formula is C27H9BF20O2S. The Morgan fingerprint density at radius 1 is 0.314 bits per heavy atom. The Kier molecular flexibility index (Phi) is 11.3. The van der Waals surface area contributed by atoms with Crippen LogP contribution in [0, 0.1) is 116 Å². The molecule has 0 unspecified atom stereocenters. The monoisotopic (exact) mass is 788 g/mol. The first-order valence-corrected chi connectivity index (χ1v) is 14.8. The summed E-state index contributed by atoms with van der Waals surface area (Å²) in [7, 11) is -0.479. The number of benzene rings is 4. The van der Waals surface area contributed by atoms with E-state index in [4.69, 9.17) is 0 Å². The van der Waals surface area contributed by atoms with E-state index in [-0.39, 0.29) is 0 Å². The standard InChI is InChI=1S/C24BF20.C3H9O2S/c26-5-1(6(27)14(35)21(42)13(5)34)25(2-7(28)15(36)22(43)16(37)8(2)29,3-9(30)17(38)23(44)18(39)10(3)31)4-11(32)19(40)24(45)20(41)12(4)33;1-5-6(2,3)4/h;1-3H3/q-1;+1. The quantitative estimate of drug-likeness (QED) is 0.0799. The van der Waals surface area contributed by atoms with Crippen molar-refractivity contribution in [3.05, 3.63) is 116 Å². The molecule has 0 aromatic heterocycles. The van der Waals surface area contributed by atoms with Gasteiger partial charge in [0.1, 0.15) is 65.2 Å². The zero-order valence-electron chi connectivity index (χ0n) is 24.4. The van der Waals surface area contributed by atoms with Gasteiger partial charge in [-0.1, -0.05) is 4.21 Å². The Morgan fingerprint density at radius 3 is 0.510 bits per heavy atom. The summed E-state index contributed by atoms with van der Waals surface area (Å²) >= 11 is 0. The predicted molar refractivity (Wildman–Crippen MR) is 136 cm³/mol. The van der Waals surface area contributed by atoms with Crippen molar-refractivity contribution in [3.8, 4) is 0 Å². The highest BCUT2D eigenvalue weighted by Gasteiger charge is 2.52. The van der Waals surface area contributed by atoms with Gasteiger partial charge in [0.25, 0.3) is 0 Å². The van der Waals surface area contributed by atoms with E-state index in [9.17, 15) is 56.9 Å². The summed E-state index contributed by atoms with van der Waals surface area (Å²) in [5, 5.41) is 0. The Morgan fingerprint density at radius 2 is 0.412 bits per heavy atom. The van der Waals surface area contributed by atoms with Crippen molar-refractivity contribution >= 4 is 38.2 Å². The van der Waals surface area contributed by atoms with Gasteiger partial charge < -0.3 is 0 Å². The van der Waals surface area contributed by atoms with Gasteiger partial charge in [0, 0.05) is 0 Å². The fourth-order valence-electron chi connectivity index (χ4n) is 4.87. The van der Waals surface area contributed by atoms with Crippen LogP contribution in [0.3, 0.4) is 0 Å². The van der Waals surface area contributed by atoms with E-state index in [1.807, 2.05) is 0 Å². The first-order chi connectivity index (χ1) is 23.3. The molecule has 0 aliphatic carbocycles. The molecule has 0 spiro atoms. The molecule has 24 heteroatoms. The number of halogens is 20. The molecule has 0 aliphatic heterocycles. The van der Waals surface area contributed by atoms with Crippen molar-refractivity contribution < 1.29 is 96.2 Å². The largest absolute Gasteiger partial charge is 0.211 e. The molecule has 0 aliphatic rings. The van der Waals surface area contributed by atoms with E-state index in [1.54, 1.807) is 12.5 Å². The number of rotatable bonds is 5. The minimum absolute atomic E-state index is 1.43. The number of hydrogen-bond donors (Lipinski definition) is 0. The molecule has 0 saturated heterocycles.